The Bertz CT molecular complexity index is 1300. The number of ether oxygens (including phenoxy) is 2. The van der Waals surface area contributed by atoms with E-state index in [1.54, 1.807) is 4.68 Å². The monoisotopic (exact) mass is 400 g/mol. The standard InChI is InChI=1S/C22H20N6O2/c1-27-20(23)18-19(14-6-7-16-17(10-14)30-12-29-16)24-22(25-21(18)26-27)28-9-8-13-4-2-3-5-15(13)11-28/h2-7,10H,8-9,11-12,23H2,1H3. The van der Waals surface area contributed by atoms with Crippen LogP contribution in [0.2, 0.25) is 0 Å². The maximum atomic E-state index is 6.33. The molecule has 0 saturated carbocycles. The van der Waals surface area contributed by atoms with E-state index in [4.69, 9.17) is 25.2 Å². The first-order valence-corrected chi connectivity index (χ1v) is 9.89. The average Bonchev–Trinajstić information content (AvgIpc) is 3.36. The zero-order valence-electron chi connectivity index (χ0n) is 16.5. The molecular weight excluding hydrogens is 380 g/mol. The van der Waals surface area contributed by atoms with E-state index in [1.807, 2.05) is 25.2 Å². The number of nitrogens with two attached hydrogens (primary N) is 1. The molecule has 150 valence electrons. The van der Waals surface area contributed by atoms with Crippen LogP contribution in [-0.4, -0.2) is 33.1 Å². The number of rotatable bonds is 2. The van der Waals surface area contributed by atoms with Gasteiger partial charge >= 0.3 is 0 Å². The third kappa shape index (κ3) is 2.57. The molecule has 2 aliphatic rings. The van der Waals surface area contributed by atoms with Crippen LogP contribution in [0.1, 0.15) is 11.1 Å². The van der Waals surface area contributed by atoms with Crippen LogP contribution < -0.4 is 20.1 Å². The van der Waals surface area contributed by atoms with Gasteiger partial charge in [0, 0.05) is 25.7 Å². The lowest BCUT2D eigenvalue weighted by molar-refractivity contribution is 0.174. The first-order valence-electron chi connectivity index (χ1n) is 9.89. The van der Waals surface area contributed by atoms with Crippen molar-refractivity contribution in [3.63, 3.8) is 0 Å². The normalized spacial score (nSPS) is 14.9. The number of hydrogen-bond acceptors (Lipinski definition) is 7. The Morgan fingerprint density at radius 3 is 2.73 bits per heavy atom. The molecular formula is C22H20N6O2. The Hall–Kier alpha value is -3.81. The number of nitrogen functional groups attached to an aromatic ring is 1. The van der Waals surface area contributed by atoms with Crippen LogP contribution in [0.3, 0.4) is 0 Å². The Kier molecular flexibility index (Phi) is 3.61. The van der Waals surface area contributed by atoms with Crippen molar-refractivity contribution in [3.05, 3.63) is 53.6 Å². The summed E-state index contributed by atoms with van der Waals surface area (Å²) in [7, 11) is 1.82. The topological polar surface area (TPSA) is 91.3 Å². The van der Waals surface area contributed by atoms with Crippen molar-refractivity contribution >= 4 is 22.8 Å². The van der Waals surface area contributed by atoms with Gasteiger partial charge < -0.3 is 20.1 Å². The summed E-state index contributed by atoms with van der Waals surface area (Å²) in [6.07, 6.45) is 0.960. The highest BCUT2D eigenvalue weighted by Gasteiger charge is 2.24. The first-order chi connectivity index (χ1) is 14.7. The van der Waals surface area contributed by atoms with Crippen molar-refractivity contribution < 1.29 is 9.47 Å². The van der Waals surface area contributed by atoms with Crippen LogP contribution in [0.5, 0.6) is 11.5 Å². The van der Waals surface area contributed by atoms with E-state index in [-0.39, 0.29) is 6.79 Å². The van der Waals surface area contributed by atoms with E-state index in [1.165, 1.54) is 11.1 Å². The molecule has 0 spiro atoms. The molecule has 4 aromatic rings. The van der Waals surface area contributed by atoms with Crippen LogP contribution >= 0.6 is 0 Å². The van der Waals surface area contributed by atoms with Gasteiger partial charge in [0.1, 0.15) is 5.82 Å². The molecule has 8 heteroatoms. The molecule has 0 unspecified atom stereocenters. The largest absolute Gasteiger partial charge is 0.454 e. The second-order valence-electron chi connectivity index (χ2n) is 7.59. The van der Waals surface area contributed by atoms with Crippen molar-refractivity contribution in [1.29, 1.82) is 0 Å². The summed E-state index contributed by atoms with van der Waals surface area (Å²) in [5, 5.41) is 5.28. The molecule has 0 atom stereocenters. The summed E-state index contributed by atoms with van der Waals surface area (Å²) >= 11 is 0. The van der Waals surface area contributed by atoms with E-state index in [0.717, 1.165) is 41.9 Å². The summed E-state index contributed by atoms with van der Waals surface area (Å²) in [5.41, 5.74) is 11.2. The number of aryl methyl sites for hydroxylation is 1. The zero-order chi connectivity index (χ0) is 20.2. The summed E-state index contributed by atoms with van der Waals surface area (Å²) in [6, 6.07) is 14.3. The second kappa shape index (κ2) is 6.35. The van der Waals surface area contributed by atoms with Crippen LogP contribution in [0.4, 0.5) is 11.8 Å². The van der Waals surface area contributed by atoms with Gasteiger partial charge in [0.15, 0.2) is 17.1 Å². The van der Waals surface area contributed by atoms with Gasteiger partial charge in [-0.3, -0.25) is 4.68 Å². The lowest BCUT2D eigenvalue weighted by Crippen LogP contribution is -2.31. The highest BCUT2D eigenvalue weighted by atomic mass is 16.7. The van der Waals surface area contributed by atoms with Crippen LogP contribution in [-0.2, 0) is 20.0 Å². The van der Waals surface area contributed by atoms with Gasteiger partial charge in [0.05, 0.1) is 11.1 Å². The molecule has 0 saturated heterocycles. The van der Waals surface area contributed by atoms with Crippen LogP contribution in [0, 0.1) is 0 Å². The number of fused-ring (bicyclic) bond motifs is 3. The Balaban J connectivity index is 1.50. The highest BCUT2D eigenvalue weighted by Crippen LogP contribution is 2.39. The molecule has 4 heterocycles. The summed E-state index contributed by atoms with van der Waals surface area (Å²) in [5.74, 6) is 2.63. The quantitative estimate of drug-likeness (QED) is 0.553. The van der Waals surface area contributed by atoms with E-state index < -0.39 is 0 Å². The van der Waals surface area contributed by atoms with Crippen molar-refractivity contribution in [2.24, 2.45) is 7.05 Å². The van der Waals surface area contributed by atoms with Crippen molar-refractivity contribution in [3.8, 4) is 22.8 Å². The van der Waals surface area contributed by atoms with Gasteiger partial charge in [-0.2, -0.15) is 10.1 Å². The number of anilines is 2. The van der Waals surface area contributed by atoms with Gasteiger partial charge in [0.2, 0.25) is 12.7 Å². The SMILES string of the molecule is Cn1nc2nc(N3CCc4ccccc4C3)nc(-c3ccc4c(c3)OCO4)c2c1N. The molecule has 2 aliphatic heterocycles. The molecule has 2 aromatic carbocycles. The van der Waals surface area contributed by atoms with Crippen molar-refractivity contribution in [1.82, 2.24) is 19.7 Å². The van der Waals surface area contributed by atoms with Gasteiger partial charge in [-0.15, -0.1) is 0 Å². The van der Waals surface area contributed by atoms with Gasteiger partial charge in [-0.05, 0) is 35.7 Å². The average molecular weight is 400 g/mol. The van der Waals surface area contributed by atoms with E-state index >= 15 is 0 Å². The molecule has 0 fully saturated rings. The number of hydrogen-bond donors (Lipinski definition) is 1. The third-order valence-corrected chi connectivity index (χ3v) is 5.79. The minimum Gasteiger partial charge on any atom is -0.454 e. The van der Waals surface area contributed by atoms with Crippen LogP contribution in [0.25, 0.3) is 22.3 Å². The van der Waals surface area contributed by atoms with Gasteiger partial charge in [-0.25, -0.2) is 4.98 Å². The van der Waals surface area contributed by atoms with Gasteiger partial charge in [0.25, 0.3) is 0 Å². The molecule has 2 aromatic heterocycles. The number of benzene rings is 2. The molecule has 2 N–H and O–H groups in total. The Morgan fingerprint density at radius 2 is 1.83 bits per heavy atom. The molecule has 6 rings (SSSR count). The predicted molar refractivity (Wildman–Crippen MR) is 113 cm³/mol. The van der Waals surface area contributed by atoms with E-state index in [0.29, 0.717) is 23.2 Å². The second-order valence-corrected chi connectivity index (χ2v) is 7.59. The van der Waals surface area contributed by atoms with Crippen LogP contribution in [0.15, 0.2) is 42.5 Å². The summed E-state index contributed by atoms with van der Waals surface area (Å²) < 4.78 is 12.7. The Labute approximate surface area is 172 Å². The van der Waals surface area contributed by atoms with Crippen molar-refractivity contribution in [2.75, 3.05) is 24.0 Å². The molecule has 0 bridgehead atoms. The minimum atomic E-state index is 0.228. The molecule has 0 aliphatic carbocycles. The predicted octanol–water partition coefficient (Wildman–Crippen LogP) is 2.90. The third-order valence-electron chi connectivity index (χ3n) is 5.79. The lowest BCUT2D eigenvalue weighted by atomic mass is 10.0. The first kappa shape index (κ1) is 17.1. The summed E-state index contributed by atoms with van der Waals surface area (Å²) in [6.45, 7) is 1.85. The fourth-order valence-electron chi connectivity index (χ4n) is 4.16. The smallest absolute Gasteiger partial charge is 0.231 e. The maximum Gasteiger partial charge on any atom is 0.231 e. The minimum absolute atomic E-state index is 0.228. The van der Waals surface area contributed by atoms with E-state index in [2.05, 4.69) is 34.3 Å². The van der Waals surface area contributed by atoms with E-state index in [9.17, 15) is 0 Å². The highest BCUT2D eigenvalue weighted by molar-refractivity contribution is 5.99. The zero-order valence-corrected chi connectivity index (χ0v) is 16.5. The molecule has 0 amide bonds. The summed E-state index contributed by atoms with van der Waals surface area (Å²) in [4.78, 5) is 11.9. The number of aromatic nitrogens is 4. The van der Waals surface area contributed by atoms with Gasteiger partial charge in [-0.1, -0.05) is 24.3 Å². The van der Waals surface area contributed by atoms with Crippen molar-refractivity contribution in [2.45, 2.75) is 13.0 Å². The maximum absolute atomic E-state index is 6.33. The number of nitrogens with zero attached hydrogens (tertiary/aromatic N) is 5. The fraction of sp³-hybridized carbons (Fsp3) is 0.227. The molecule has 30 heavy (non-hydrogen) atoms. The lowest BCUT2D eigenvalue weighted by Gasteiger charge is -2.29. The fourth-order valence-corrected chi connectivity index (χ4v) is 4.16. The molecule has 0 radical (unpaired) electrons. The Morgan fingerprint density at radius 1 is 1.00 bits per heavy atom. The molecule has 8 nitrogen and oxygen atoms in total.